The first-order chi connectivity index (χ1) is 9.80. The fourth-order valence-electron chi connectivity index (χ4n) is 2.21. The maximum absolute atomic E-state index is 11.6. The van der Waals surface area contributed by atoms with Crippen molar-refractivity contribution in [2.45, 2.75) is 38.0 Å². The second-order valence-corrected chi connectivity index (χ2v) is 6.99. The minimum atomic E-state index is -3.53. The number of nitrogens with two attached hydrogens (primary N) is 2. The standard InChI is InChI=1S/C14H21N3O3S.ClH/c1-3-14(16,4-2)9-20-11-7-5-6-10-8-21(18,19)17-13(15)12(10)11;/h5-7H,3-4,8-9,16H2,1-2H3,(H2,15,17);1H. The Morgan fingerprint density at radius 1 is 1.32 bits per heavy atom. The third kappa shape index (κ3) is 3.91. The van der Waals surface area contributed by atoms with Gasteiger partial charge in [0, 0.05) is 5.54 Å². The monoisotopic (exact) mass is 347 g/mol. The van der Waals surface area contributed by atoms with E-state index in [0.717, 1.165) is 12.8 Å². The zero-order valence-corrected chi connectivity index (χ0v) is 14.3. The molecular weight excluding hydrogens is 326 g/mol. The van der Waals surface area contributed by atoms with Gasteiger partial charge in [-0.1, -0.05) is 26.0 Å². The molecule has 0 atom stereocenters. The van der Waals surface area contributed by atoms with Gasteiger partial charge in [0.1, 0.15) is 18.2 Å². The Kier molecular flexibility index (Phi) is 5.83. The molecule has 2 rings (SSSR count). The van der Waals surface area contributed by atoms with E-state index in [1.165, 1.54) is 0 Å². The molecule has 0 saturated heterocycles. The summed E-state index contributed by atoms with van der Waals surface area (Å²) in [4.78, 5) is 0. The van der Waals surface area contributed by atoms with Crippen molar-refractivity contribution < 1.29 is 13.2 Å². The van der Waals surface area contributed by atoms with E-state index in [9.17, 15) is 8.42 Å². The number of sulfonamides is 1. The first kappa shape index (κ1) is 18.7. The Morgan fingerprint density at radius 2 is 1.95 bits per heavy atom. The maximum atomic E-state index is 11.6. The molecule has 0 radical (unpaired) electrons. The fourth-order valence-corrected chi connectivity index (χ4v) is 3.30. The lowest BCUT2D eigenvalue weighted by Gasteiger charge is -2.27. The first-order valence-corrected chi connectivity index (χ1v) is 8.53. The second-order valence-electron chi connectivity index (χ2n) is 5.35. The number of fused-ring (bicyclic) bond motifs is 1. The highest BCUT2D eigenvalue weighted by atomic mass is 35.5. The second kappa shape index (κ2) is 6.85. The van der Waals surface area contributed by atoms with Gasteiger partial charge in [-0.2, -0.15) is 0 Å². The van der Waals surface area contributed by atoms with Crippen LogP contribution in [-0.4, -0.2) is 26.4 Å². The summed E-state index contributed by atoms with van der Waals surface area (Å²) in [6.07, 6.45) is 1.58. The van der Waals surface area contributed by atoms with E-state index in [2.05, 4.69) is 4.40 Å². The van der Waals surface area contributed by atoms with Crippen molar-refractivity contribution in [2.24, 2.45) is 15.9 Å². The van der Waals surface area contributed by atoms with Crippen LogP contribution in [0.4, 0.5) is 0 Å². The van der Waals surface area contributed by atoms with E-state index in [1.807, 2.05) is 13.8 Å². The van der Waals surface area contributed by atoms with Gasteiger partial charge in [-0.25, -0.2) is 8.42 Å². The van der Waals surface area contributed by atoms with Crippen LogP contribution >= 0.6 is 12.4 Å². The number of benzene rings is 1. The van der Waals surface area contributed by atoms with E-state index in [4.69, 9.17) is 16.2 Å². The van der Waals surface area contributed by atoms with Gasteiger partial charge < -0.3 is 16.2 Å². The maximum Gasteiger partial charge on any atom is 0.259 e. The summed E-state index contributed by atoms with van der Waals surface area (Å²) in [6, 6.07) is 5.22. The molecule has 1 aromatic rings. The molecule has 0 fully saturated rings. The van der Waals surface area contributed by atoms with Gasteiger partial charge in [0.25, 0.3) is 10.0 Å². The highest BCUT2D eigenvalue weighted by Crippen LogP contribution is 2.28. The molecule has 6 nitrogen and oxygen atoms in total. The minimum absolute atomic E-state index is 0. The fraction of sp³-hybridized carbons (Fsp3) is 0.500. The molecule has 1 aliphatic rings. The number of hydrogen-bond acceptors (Lipinski definition) is 5. The van der Waals surface area contributed by atoms with Crippen LogP contribution in [0.15, 0.2) is 22.6 Å². The van der Waals surface area contributed by atoms with Crippen LogP contribution in [0, 0.1) is 0 Å². The van der Waals surface area contributed by atoms with Crippen LogP contribution in [0.3, 0.4) is 0 Å². The molecule has 1 heterocycles. The molecule has 0 amide bonds. The number of ether oxygens (including phenoxy) is 1. The topological polar surface area (TPSA) is 108 Å². The molecule has 124 valence electrons. The summed E-state index contributed by atoms with van der Waals surface area (Å²) in [5.41, 5.74) is 12.8. The largest absolute Gasteiger partial charge is 0.491 e. The molecule has 0 unspecified atom stereocenters. The lowest BCUT2D eigenvalue weighted by molar-refractivity contribution is 0.206. The van der Waals surface area contributed by atoms with Crippen molar-refractivity contribution in [3.05, 3.63) is 29.3 Å². The summed E-state index contributed by atoms with van der Waals surface area (Å²) in [5, 5.41) is 0. The molecule has 4 N–H and O–H groups in total. The quantitative estimate of drug-likeness (QED) is 0.840. The lowest BCUT2D eigenvalue weighted by atomic mass is 9.95. The third-order valence-electron chi connectivity index (χ3n) is 3.87. The Balaban J connectivity index is 0.00000242. The van der Waals surface area contributed by atoms with E-state index >= 15 is 0 Å². The van der Waals surface area contributed by atoms with Gasteiger partial charge >= 0.3 is 0 Å². The first-order valence-electron chi connectivity index (χ1n) is 6.92. The van der Waals surface area contributed by atoms with Crippen LogP contribution in [0.5, 0.6) is 5.75 Å². The smallest absolute Gasteiger partial charge is 0.259 e. The van der Waals surface area contributed by atoms with Gasteiger partial charge in [-0.15, -0.1) is 16.8 Å². The number of halogens is 1. The molecule has 0 aliphatic carbocycles. The number of rotatable bonds is 5. The number of amidine groups is 1. The van der Waals surface area contributed by atoms with E-state index in [-0.39, 0.29) is 24.0 Å². The van der Waals surface area contributed by atoms with E-state index in [1.54, 1.807) is 18.2 Å². The van der Waals surface area contributed by atoms with Crippen LogP contribution in [-0.2, 0) is 15.8 Å². The van der Waals surface area contributed by atoms with Crippen molar-refractivity contribution in [1.82, 2.24) is 0 Å². The Hall–Kier alpha value is -1.31. The lowest BCUT2D eigenvalue weighted by Crippen LogP contribution is -2.44. The van der Waals surface area contributed by atoms with Gasteiger partial charge in [0.15, 0.2) is 0 Å². The van der Waals surface area contributed by atoms with Crippen molar-refractivity contribution in [1.29, 1.82) is 0 Å². The number of nitrogens with zero attached hydrogens (tertiary/aromatic N) is 1. The zero-order valence-electron chi connectivity index (χ0n) is 12.7. The Morgan fingerprint density at radius 3 is 2.55 bits per heavy atom. The van der Waals surface area contributed by atoms with Crippen LogP contribution in [0.2, 0.25) is 0 Å². The Labute approximate surface area is 137 Å². The molecule has 1 aromatic carbocycles. The summed E-state index contributed by atoms with van der Waals surface area (Å²) in [6.45, 7) is 4.36. The zero-order chi connectivity index (χ0) is 15.7. The van der Waals surface area contributed by atoms with Gasteiger partial charge in [-0.05, 0) is 24.5 Å². The molecule has 22 heavy (non-hydrogen) atoms. The average Bonchev–Trinajstić information content (AvgIpc) is 2.43. The summed E-state index contributed by atoms with van der Waals surface area (Å²) >= 11 is 0. The van der Waals surface area contributed by atoms with Crippen molar-refractivity contribution in [2.75, 3.05) is 6.61 Å². The molecule has 1 aliphatic heterocycles. The predicted octanol–water partition coefficient (Wildman–Crippen LogP) is 1.55. The SMILES string of the molecule is CCC(N)(CC)COc1cccc2c1C(N)=NS(=O)(=O)C2.Cl. The van der Waals surface area contributed by atoms with Crippen molar-refractivity contribution in [3.8, 4) is 5.75 Å². The number of hydrogen-bond donors (Lipinski definition) is 2. The highest BCUT2D eigenvalue weighted by Gasteiger charge is 2.27. The van der Waals surface area contributed by atoms with Crippen LogP contribution in [0.25, 0.3) is 0 Å². The molecule has 0 aromatic heterocycles. The van der Waals surface area contributed by atoms with Gasteiger partial charge in [0.2, 0.25) is 0 Å². The van der Waals surface area contributed by atoms with Gasteiger partial charge in [0.05, 0.1) is 11.3 Å². The van der Waals surface area contributed by atoms with E-state index < -0.39 is 15.6 Å². The molecule has 0 saturated carbocycles. The highest BCUT2D eigenvalue weighted by molar-refractivity contribution is 7.89. The average molecular weight is 348 g/mol. The summed E-state index contributed by atoms with van der Waals surface area (Å²) in [5.74, 6) is 0.345. The normalized spacial score (nSPS) is 16.2. The Bertz CT molecular complexity index is 670. The summed E-state index contributed by atoms with van der Waals surface area (Å²) < 4.78 is 32.6. The molecular formula is C14H22ClN3O3S. The van der Waals surface area contributed by atoms with Crippen molar-refractivity contribution in [3.63, 3.8) is 0 Å². The summed E-state index contributed by atoms with van der Waals surface area (Å²) in [7, 11) is -3.53. The molecule has 8 heteroatoms. The molecule has 0 spiro atoms. The van der Waals surface area contributed by atoms with E-state index in [0.29, 0.717) is 23.5 Å². The third-order valence-corrected chi connectivity index (χ3v) is 5.02. The van der Waals surface area contributed by atoms with Crippen molar-refractivity contribution >= 4 is 28.3 Å². The van der Waals surface area contributed by atoms with Gasteiger partial charge in [-0.3, -0.25) is 0 Å². The minimum Gasteiger partial charge on any atom is -0.491 e. The molecule has 0 bridgehead atoms. The van der Waals surface area contributed by atoms with Crippen LogP contribution < -0.4 is 16.2 Å². The predicted molar refractivity (Wildman–Crippen MR) is 90.0 cm³/mol. The van der Waals surface area contributed by atoms with Crippen LogP contribution in [0.1, 0.15) is 37.8 Å².